The largest absolute Gasteiger partial charge is 0.383 e. The molecule has 1 aromatic rings. The summed E-state index contributed by atoms with van der Waals surface area (Å²) >= 11 is 13.0. The second-order valence-corrected chi connectivity index (χ2v) is 7.48. The van der Waals surface area contributed by atoms with Crippen LogP contribution in [0, 0.1) is 5.41 Å². The van der Waals surface area contributed by atoms with Crippen LogP contribution in [-0.2, 0) is 0 Å². The molecule has 17 heavy (non-hydrogen) atoms. The highest BCUT2D eigenvalue weighted by molar-refractivity contribution is 9.11. The van der Waals surface area contributed by atoms with Crippen molar-refractivity contribution in [2.24, 2.45) is 5.41 Å². The number of halogens is 3. The minimum atomic E-state index is 0.399. The molecule has 0 atom stereocenters. The number of hydrogen-bond donors (Lipinski definition) is 1. The van der Waals surface area contributed by atoms with E-state index >= 15 is 0 Å². The molecule has 0 unspecified atom stereocenters. The highest BCUT2D eigenvalue weighted by atomic mass is 79.9. The average molecular weight is 384 g/mol. The Kier molecular flexibility index (Phi) is 5.81. The minimum Gasteiger partial charge on any atom is -0.383 e. The average Bonchev–Trinajstić information content (AvgIpc) is 2.13. The van der Waals surface area contributed by atoms with Gasteiger partial charge in [-0.05, 0) is 62.2 Å². The van der Waals surface area contributed by atoms with Crippen molar-refractivity contribution < 1.29 is 0 Å². The van der Waals surface area contributed by atoms with Crippen LogP contribution in [0.3, 0.4) is 0 Å². The van der Waals surface area contributed by atoms with E-state index in [1.807, 2.05) is 12.1 Å². The van der Waals surface area contributed by atoms with Crippen LogP contribution in [0.1, 0.15) is 33.6 Å². The van der Waals surface area contributed by atoms with Gasteiger partial charge in [0.25, 0.3) is 0 Å². The Morgan fingerprint density at radius 2 is 1.71 bits per heavy atom. The molecule has 0 aliphatic carbocycles. The van der Waals surface area contributed by atoms with Crippen molar-refractivity contribution in [1.82, 2.24) is 0 Å². The van der Waals surface area contributed by atoms with Crippen molar-refractivity contribution in [3.05, 3.63) is 26.1 Å². The van der Waals surface area contributed by atoms with Crippen molar-refractivity contribution in [2.75, 3.05) is 11.9 Å². The normalized spacial score (nSPS) is 11.6. The summed E-state index contributed by atoms with van der Waals surface area (Å²) < 4.78 is 1.99. The molecule has 0 saturated heterocycles. The summed E-state index contributed by atoms with van der Waals surface area (Å²) in [5, 5.41) is 4.15. The number of benzene rings is 1. The molecule has 0 amide bonds. The lowest BCUT2D eigenvalue weighted by molar-refractivity contribution is 0.370. The Labute approximate surface area is 126 Å². The van der Waals surface area contributed by atoms with Crippen LogP contribution in [-0.4, -0.2) is 6.54 Å². The molecule has 0 saturated carbocycles. The summed E-state index contributed by atoms with van der Waals surface area (Å²) in [5.41, 5.74) is 1.47. The first-order valence-corrected chi connectivity index (χ1v) is 7.64. The maximum Gasteiger partial charge on any atom is 0.0630 e. The Bertz CT molecular complexity index is 362. The van der Waals surface area contributed by atoms with Crippen molar-refractivity contribution in [1.29, 1.82) is 0 Å². The number of rotatable bonds is 4. The van der Waals surface area contributed by atoms with Crippen LogP contribution in [0.4, 0.5) is 5.69 Å². The molecule has 0 bridgehead atoms. The highest BCUT2D eigenvalue weighted by Crippen LogP contribution is 2.34. The van der Waals surface area contributed by atoms with E-state index in [4.69, 9.17) is 11.6 Å². The molecular formula is C13H18Br2ClN. The van der Waals surface area contributed by atoms with E-state index in [2.05, 4.69) is 57.9 Å². The Hall–Kier alpha value is 0.270. The van der Waals surface area contributed by atoms with Crippen LogP contribution in [0.15, 0.2) is 21.1 Å². The zero-order valence-electron chi connectivity index (χ0n) is 10.4. The summed E-state index contributed by atoms with van der Waals surface area (Å²) in [6, 6.07) is 3.80. The fraction of sp³-hybridized carbons (Fsp3) is 0.538. The van der Waals surface area contributed by atoms with Crippen LogP contribution >= 0.6 is 43.5 Å². The van der Waals surface area contributed by atoms with Gasteiger partial charge in [-0.25, -0.2) is 0 Å². The van der Waals surface area contributed by atoms with Gasteiger partial charge in [-0.3, -0.25) is 0 Å². The predicted octanol–water partition coefficient (Wildman–Crippen LogP) is 6.10. The summed E-state index contributed by atoms with van der Waals surface area (Å²) in [4.78, 5) is 0. The molecule has 4 heteroatoms. The van der Waals surface area contributed by atoms with Gasteiger partial charge in [0.05, 0.1) is 5.69 Å². The molecule has 1 nitrogen and oxygen atoms in total. The van der Waals surface area contributed by atoms with E-state index in [0.717, 1.165) is 32.6 Å². The lowest BCUT2D eigenvalue weighted by Gasteiger charge is -2.18. The van der Waals surface area contributed by atoms with Gasteiger partial charge in [-0.2, -0.15) is 0 Å². The quantitative estimate of drug-likeness (QED) is 0.619. The molecule has 0 spiro atoms. The first kappa shape index (κ1) is 15.3. The van der Waals surface area contributed by atoms with Crippen molar-refractivity contribution in [2.45, 2.75) is 33.6 Å². The van der Waals surface area contributed by atoms with Gasteiger partial charge in [-0.1, -0.05) is 32.4 Å². The number of nitrogens with one attached hydrogen (secondary N) is 1. The maximum atomic E-state index is 5.96. The fourth-order valence-corrected chi connectivity index (χ4v) is 3.49. The van der Waals surface area contributed by atoms with Crippen molar-refractivity contribution in [3.8, 4) is 0 Å². The van der Waals surface area contributed by atoms with E-state index in [0.29, 0.717) is 5.41 Å². The third kappa shape index (κ3) is 5.62. The molecule has 1 N–H and O–H groups in total. The summed E-state index contributed by atoms with van der Waals surface area (Å²) in [7, 11) is 0. The third-order valence-electron chi connectivity index (χ3n) is 2.41. The molecule has 0 heterocycles. The predicted molar refractivity (Wildman–Crippen MR) is 84.0 cm³/mol. The topological polar surface area (TPSA) is 12.0 Å². The van der Waals surface area contributed by atoms with Gasteiger partial charge >= 0.3 is 0 Å². The molecule has 0 radical (unpaired) electrons. The van der Waals surface area contributed by atoms with E-state index < -0.39 is 0 Å². The van der Waals surface area contributed by atoms with Gasteiger partial charge in [0, 0.05) is 20.5 Å². The highest BCUT2D eigenvalue weighted by Gasteiger charge is 2.10. The zero-order chi connectivity index (χ0) is 13.1. The summed E-state index contributed by atoms with van der Waals surface area (Å²) in [6.07, 6.45) is 2.37. The lowest BCUT2D eigenvalue weighted by atomic mass is 9.91. The van der Waals surface area contributed by atoms with Crippen molar-refractivity contribution in [3.63, 3.8) is 0 Å². The Morgan fingerprint density at radius 1 is 1.18 bits per heavy atom. The Morgan fingerprint density at radius 3 is 2.18 bits per heavy atom. The van der Waals surface area contributed by atoms with Crippen LogP contribution in [0.25, 0.3) is 0 Å². The third-order valence-corrected chi connectivity index (χ3v) is 3.88. The van der Waals surface area contributed by atoms with Gasteiger partial charge < -0.3 is 5.32 Å². The molecular weight excluding hydrogens is 365 g/mol. The molecule has 0 aliphatic rings. The smallest absolute Gasteiger partial charge is 0.0630 e. The van der Waals surface area contributed by atoms with E-state index in [1.54, 1.807) is 0 Å². The zero-order valence-corrected chi connectivity index (χ0v) is 14.3. The standard InChI is InChI=1S/C13H18Br2ClN/c1-13(2,3)5-4-6-17-12-10(14)7-9(16)8-11(12)15/h7-8,17H,4-6H2,1-3H3. The Balaban J connectivity index is 2.53. The van der Waals surface area contributed by atoms with E-state index in [9.17, 15) is 0 Å². The van der Waals surface area contributed by atoms with Gasteiger partial charge in [0.15, 0.2) is 0 Å². The molecule has 0 fully saturated rings. The molecule has 1 aromatic carbocycles. The molecule has 1 rings (SSSR count). The molecule has 0 aliphatic heterocycles. The first-order valence-electron chi connectivity index (χ1n) is 5.68. The van der Waals surface area contributed by atoms with Crippen molar-refractivity contribution >= 4 is 49.1 Å². The molecule has 0 aromatic heterocycles. The second kappa shape index (κ2) is 6.44. The van der Waals surface area contributed by atoms with Crippen LogP contribution in [0.5, 0.6) is 0 Å². The number of anilines is 1. The summed E-state index contributed by atoms with van der Waals surface area (Å²) in [5.74, 6) is 0. The first-order chi connectivity index (χ1) is 7.79. The van der Waals surface area contributed by atoms with Gasteiger partial charge in [-0.15, -0.1) is 0 Å². The van der Waals surface area contributed by atoms with E-state index in [1.165, 1.54) is 6.42 Å². The lowest BCUT2D eigenvalue weighted by Crippen LogP contribution is -2.09. The minimum absolute atomic E-state index is 0.399. The fourth-order valence-electron chi connectivity index (χ4n) is 1.54. The summed E-state index contributed by atoms with van der Waals surface area (Å²) in [6.45, 7) is 7.76. The van der Waals surface area contributed by atoms with Crippen LogP contribution in [0.2, 0.25) is 5.02 Å². The number of hydrogen-bond acceptors (Lipinski definition) is 1. The maximum absolute atomic E-state index is 5.96. The van der Waals surface area contributed by atoms with Crippen LogP contribution < -0.4 is 5.32 Å². The SMILES string of the molecule is CC(C)(C)CCCNc1c(Br)cc(Cl)cc1Br. The van der Waals surface area contributed by atoms with Gasteiger partial charge in [0.1, 0.15) is 0 Å². The monoisotopic (exact) mass is 381 g/mol. The van der Waals surface area contributed by atoms with Gasteiger partial charge in [0.2, 0.25) is 0 Å². The molecule has 96 valence electrons. The van der Waals surface area contributed by atoms with E-state index in [-0.39, 0.29) is 0 Å². The second-order valence-electron chi connectivity index (χ2n) is 5.34.